The molecule has 6 heteroatoms. The zero-order valence-corrected chi connectivity index (χ0v) is 15.2. The molecule has 5 nitrogen and oxygen atoms in total. The largest absolute Gasteiger partial charge is 0.488 e. The Labute approximate surface area is 154 Å². The van der Waals surface area contributed by atoms with Gasteiger partial charge >= 0.3 is 5.97 Å². The van der Waals surface area contributed by atoms with Gasteiger partial charge in [0.2, 0.25) is 5.91 Å². The molecule has 0 bridgehead atoms. The van der Waals surface area contributed by atoms with Gasteiger partial charge in [0.1, 0.15) is 18.4 Å². The first-order valence-corrected chi connectivity index (χ1v) is 8.42. The monoisotopic (exact) mass is 403 g/mol. The highest BCUT2D eigenvalue weighted by atomic mass is 79.9. The first kappa shape index (κ1) is 18.7. The van der Waals surface area contributed by atoms with E-state index in [1.165, 1.54) is 13.0 Å². The molecule has 0 aliphatic heterocycles. The van der Waals surface area contributed by atoms with Gasteiger partial charge in [-0.25, -0.2) is 0 Å². The maximum absolute atomic E-state index is 11.8. The average Bonchev–Trinajstić information content (AvgIpc) is 2.60. The number of amides is 1. The Balaban J connectivity index is 2.08. The van der Waals surface area contributed by atoms with E-state index in [0.717, 1.165) is 10.0 Å². The van der Waals surface area contributed by atoms with Crippen LogP contribution in [0, 0.1) is 0 Å². The second-order valence-corrected chi connectivity index (χ2v) is 6.27. The number of benzene rings is 2. The lowest BCUT2D eigenvalue weighted by Crippen LogP contribution is -2.37. The fourth-order valence-electron chi connectivity index (χ4n) is 2.01. The molecule has 2 rings (SSSR count). The van der Waals surface area contributed by atoms with Crippen LogP contribution < -0.4 is 10.1 Å². The van der Waals surface area contributed by atoms with Crippen molar-refractivity contribution in [2.24, 2.45) is 0 Å². The Morgan fingerprint density at radius 3 is 2.64 bits per heavy atom. The minimum absolute atomic E-state index is 0.408. The highest BCUT2D eigenvalue weighted by Gasteiger charge is 2.12. The number of hydrogen-bond donors (Lipinski definition) is 2. The molecule has 2 aromatic rings. The van der Waals surface area contributed by atoms with E-state index in [-0.39, 0.29) is 0 Å². The van der Waals surface area contributed by atoms with Crippen LogP contribution in [-0.4, -0.2) is 23.0 Å². The molecule has 0 radical (unpaired) electrons. The predicted octanol–water partition coefficient (Wildman–Crippen LogP) is 3.63. The smallest absolute Gasteiger partial charge is 0.325 e. The number of halogens is 1. The highest BCUT2D eigenvalue weighted by Crippen LogP contribution is 2.25. The van der Waals surface area contributed by atoms with Gasteiger partial charge in [-0.05, 0) is 36.8 Å². The lowest BCUT2D eigenvalue weighted by Gasteiger charge is -2.10. The number of carbonyl (C=O) groups is 2. The Morgan fingerprint density at radius 1 is 1.24 bits per heavy atom. The van der Waals surface area contributed by atoms with Crippen molar-refractivity contribution in [3.63, 3.8) is 0 Å². The van der Waals surface area contributed by atoms with Crippen molar-refractivity contribution in [2.75, 3.05) is 0 Å². The SMILES string of the molecule is CC(NC(=O)/C=C/c1cc(Br)ccc1OCc1ccccc1)C(=O)O. The van der Waals surface area contributed by atoms with Crippen LogP contribution in [0.3, 0.4) is 0 Å². The van der Waals surface area contributed by atoms with Crippen molar-refractivity contribution in [3.05, 3.63) is 70.2 Å². The molecule has 0 aliphatic carbocycles. The van der Waals surface area contributed by atoms with Crippen LogP contribution in [0.15, 0.2) is 59.1 Å². The third-order valence-electron chi connectivity index (χ3n) is 3.35. The van der Waals surface area contributed by atoms with Crippen LogP contribution in [0.2, 0.25) is 0 Å². The van der Waals surface area contributed by atoms with Gasteiger partial charge in [0.15, 0.2) is 0 Å². The topological polar surface area (TPSA) is 75.6 Å². The minimum Gasteiger partial charge on any atom is -0.488 e. The minimum atomic E-state index is -1.09. The number of aliphatic carboxylic acids is 1. The normalized spacial score (nSPS) is 11.9. The fourth-order valence-corrected chi connectivity index (χ4v) is 2.38. The quantitative estimate of drug-likeness (QED) is 0.692. The molecule has 0 heterocycles. The average molecular weight is 404 g/mol. The van der Waals surface area contributed by atoms with Crippen molar-refractivity contribution in [1.29, 1.82) is 0 Å². The molecule has 0 aliphatic rings. The Bertz CT molecular complexity index is 774. The van der Waals surface area contributed by atoms with Crippen LogP contribution in [-0.2, 0) is 16.2 Å². The van der Waals surface area contributed by atoms with Crippen LogP contribution in [0.5, 0.6) is 5.75 Å². The van der Waals surface area contributed by atoms with Crippen LogP contribution in [0.1, 0.15) is 18.1 Å². The summed E-state index contributed by atoms with van der Waals surface area (Å²) in [6.45, 7) is 1.81. The summed E-state index contributed by atoms with van der Waals surface area (Å²) in [6.07, 6.45) is 2.88. The van der Waals surface area contributed by atoms with E-state index in [4.69, 9.17) is 9.84 Å². The van der Waals surface area contributed by atoms with Crippen molar-refractivity contribution in [3.8, 4) is 5.75 Å². The summed E-state index contributed by atoms with van der Waals surface area (Å²) in [6, 6.07) is 14.3. The molecule has 2 N–H and O–H groups in total. The lowest BCUT2D eigenvalue weighted by molar-refractivity contribution is -0.140. The first-order valence-electron chi connectivity index (χ1n) is 7.63. The molecule has 1 unspecified atom stereocenters. The van der Waals surface area contributed by atoms with Gasteiger partial charge in [-0.15, -0.1) is 0 Å². The molecule has 0 saturated heterocycles. The molecule has 0 saturated carbocycles. The highest BCUT2D eigenvalue weighted by molar-refractivity contribution is 9.10. The van der Waals surface area contributed by atoms with Gasteiger partial charge in [0.25, 0.3) is 0 Å². The third-order valence-corrected chi connectivity index (χ3v) is 3.85. The van der Waals surface area contributed by atoms with Gasteiger partial charge in [0.05, 0.1) is 0 Å². The summed E-state index contributed by atoms with van der Waals surface area (Å²) in [5, 5.41) is 11.2. The Hall–Kier alpha value is -2.60. The van der Waals surface area contributed by atoms with Gasteiger partial charge in [0, 0.05) is 16.1 Å². The van der Waals surface area contributed by atoms with E-state index in [2.05, 4.69) is 21.2 Å². The van der Waals surface area contributed by atoms with E-state index in [1.54, 1.807) is 6.08 Å². The number of nitrogens with one attached hydrogen (secondary N) is 1. The molecule has 0 aromatic heterocycles. The third kappa shape index (κ3) is 6.08. The molecule has 1 atom stereocenters. The van der Waals surface area contributed by atoms with Crippen LogP contribution in [0.25, 0.3) is 6.08 Å². The predicted molar refractivity (Wildman–Crippen MR) is 99.2 cm³/mol. The van der Waals surface area contributed by atoms with Gasteiger partial charge < -0.3 is 15.2 Å². The standard InChI is InChI=1S/C19H18BrNO4/c1-13(19(23)24)21-18(22)10-7-15-11-16(20)8-9-17(15)25-12-14-5-3-2-4-6-14/h2-11,13H,12H2,1H3,(H,21,22)(H,23,24)/b10-7+. The Morgan fingerprint density at radius 2 is 1.96 bits per heavy atom. The second-order valence-electron chi connectivity index (χ2n) is 5.36. The van der Waals surface area contributed by atoms with E-state index < -0.39 is 17.9 Å². The fraction of sp³-hybridized carbons (Fsp3) is 0.158. The van der Waals surface area contributed by atoms with Crippen molar-refractivity contribution >= 4 is 33.9 Å². The maximum Gasteiger partial charge on any atom is 0.325 e. The van der Waals surface area contributed by atoms with Gasteiger partial charge in [-0.3, -0.25) is 9.59 Å². The molecule has 130 valence electrons. The first-order chi connectivity index (χ1) is 12.0. The zero-order chi connectivity index (χ0) is 18.2. The summed E-state index contributed by atoms with van der Waals surface area (Å²) in [5.41, 5.74) is 1.75. The Kier molecular flexibility index (Phi) is 6.77. The number of rotatable bonds is 7. The summed E-state index contributed by atoms with van der Waals surface area (Å²) >= 11 is 3.39. The van der Waals surface area contributed by atoms with E-state index in [0.29, 0.717) is 17.9 Å². The zero-order valence-electron chi connectivity index (χ0n) is 13.6. The number of hydrogen-bond acceptors (Lipinski definition) is 3. The van der Waals surface area contributed by atoms with Crippen LogP contribution in [0.4, 0.5) is 0 Å². The number of ether oxygens (including phenoxy) is 1. The van der Waals surface area contributed by atoms with Gasteiger partial charge in [-0.1, -0.05) is 46.3 Å². The molecule has 25 heavy (non-hydrogen) atoms. The summed E-state index contributed by atoms with van der Waals surface area (Å²) in [5.74, 6) is -0.942. The second kappa shape index (κ2) is 9.03. The van der Waals surface area contributed by atoms with Crippen molar-refractivity contribution < 1.29 is 19.4 Å². The molecule has 1 amide bonds. The molecular formula is C19H18BrNO4. The molecule has 0 spiro atoms. The number of carboxylic acid groups (broad SMARTS) is 1. The number of carboxylic acids is 1. The van der Waals surface area contributed by atoms with Crippen molar-refractivity contribution in [2.45, 2.75) is 19.6 Å². The van der Waals surface area contributed by atoms with Crippen LogP contribution >= 0.6 is 15.9 Å². The van der Waals surface area contributed by atoms with E-state index in [9.17, 15) is 9.59 Å². The van der Waals surface area contributed by atoms with E-state index >= 15 is 0 Å². The number of carbonyl (C=O) groups excluding carboxylic acids is 1. The summed E-state index contributed by atoms with van der Waals surface area (Å²) < 4.78 is 6.68. The summed E-state index contributed by atoms with van der Waals surface area (Å²) in [4.78, 5) is 22.6. The lowest BCUT2D eigenvalue weighted by atomic mass is 10.1. The molecule has 2 aromatic carbocycles. The maximum atomic E-state index is 11.8. The molecular weight excluding hydrogens is 386 g/mol. The summed E-state index contributed by atoms with van der Waals surface area (Å²) in [7, 11) is 0. The van der Waals surface area contributed by atoms with Crippen molar-refractivity contribution in [1.82, 2.24) is 5.32 Å². The molecule has 0 fully saturated rings. The van der Waals surface area contributed by atoms with Gasteiger partial charge in [-0.2, -0.15) is 0 Å². The van der Waals surface area contributed by atoms with E-state index in [1.807, 2.05) is 48.5 Å².